The SMILES string of the molecule is C=CC(Cc1ccccc1)OP(O)(O)(O)OC. The summed E-state index contributed by atoms with van der Waals surface area (Å²) < 4.78 is 9.01. The van der Waals surface area contributed by atoms with Gasteiger partial charge in [0.2, 0.25) is 0 Å². The molecule has 0 aliphatic rings. The van der Waals surface area contributed by atoms with Crippen LogP contribution in [0.15, 0.2) is 43.0 Å². The molecule has 1 rings (SSSR count). The van der Waals surface area contributed by atoms with Crippen LogP contribution in [0, 0.1) is 0 Å². The standard InChI is InChI=1S/C11H17O5P/c1-3-11(16-17(12,13,14)15-2)9-10-7-5-4-6-8-10/h3-8,11-14H,1,9H2,2H3. The van der Waals surface area contributed by atoms with Crippen molar-refractivity contribution in [2.24, 2.45) is 0 Å². The molecule has 0 aliphatic heterocycles. The average Bonchev–Trinajstić information content (AvgIpc) is 2.29. The molecule has 5 nitrogen and oxygen atoms in total. The molecular formula is C11H17O5P. The zero-order valence-corrected chi connectivity index (χ0v) is 10.5. The fourth-order valence-electron chi connectivity index (χ4n) is 1.29. The number of hydrogen-bond donors (Lipinski definition) is 3. The van der Waals surface area contributed by atoms with E-state index in [0.717, 1.165) is 12.7 Å². The van der Waals surface area contributed by atoms with Crippen molar-refractivity contribution in [3.05, 3.63) is 48.6 Å². The molecule has 0 bridgehead atoms. The third kappa shape index (κ3) is 4.91. The van der Waals surface area contributed by atoms with Crippen LogP contribution in [-0.4, -0.2) is 27.9 Å². The first-order chi connectivity index (χ1) is 7.84. The van der Waals surface area contributed by atoms with E-state index in [-0.39, 0.29) is 0 Å². The Hall–Kier alpha value is -0.810. The van der Waals surface area contributed by atoms with Crippen LogP contribution < -0.4 is 0 Å². The molecule has 0 amide bonds. The molecule has 1 atom stereocenters. The van der Waals surface area contributed by atoms with Crippen molar-refractivity contribution in [1.29, 1.82) is 0 Å². The zero-order chi connectivity index (χ0) is 13.0. The topological polar surface area (TPSA) is 79.2 Å². The van der Waals surface area contributed by atoms with Gasteiger partial charge in [0, 0.05) is 0 Å². The predicted molar refractivity (Wildman–Crippen MR) is 65.8 cm³/mol. The Kier molecular flexibility index (Phi) is 4.38. The molecular weight excluding hydrogens is 243 g/mol. The Balaban J connectivity index is 2.71. The summed E-state index contributed by atoms with van der Waals surface area (Å²) in [6.07, 6.45) is 0.971. The quantitative estimate of drug-likeness (QED) is 0.534. The second-order valence-electron chi connectivity index (χ2n) is 3.58. The fourth-order valence-corrected chi connectivity index (χ4v) is 2.01. The van der Waals surface area contributed by atoms with Gasteiger partial charge in [-0.25, -0.2) is 0 Å². The first-order valence-electron chi connectivity index (χ1n) is 5.02. The van der Waals surface area contributed by atoms with E-state index in [1.165, 1.54) is 6.08 Å². The Morgan fingerprint density at radius 2 is 1.88 bits per heavy atom. The van der Waals surface area contributed by atoms with Crippen LogP contribution in [0.4, 0.5) is 0 Å². The maximum atomic E-state index is 9.32. The minimum atomic E-state index is -5.45. The van der Waals surface area contributed by atoms with Gasteiger partial charge in [0.25, 0.3) is 0 Å². The summed E-state index contributed by atoms with van der Waals surface area (Å²) in [6.45, 7) is 3.51. The molecule has 3 N–H and O–H groups in total. The van der Waals surface area contributed by atoms with Crippen molar-refractivity contribution in [3.63, 3.8) is 0 Å². The molecule has 0 spiro atoms. The number of rotatable bonds is 6. The summed E-state index contributed by atoms with van der Waals surface area (Å²) in [5.41, 5.74) is 0.917. The zero-order valence-electron chi connectivity index (χ0n) is 9.56. The monoisotopic (exact) mass is 260 g/mol. The van der Waals surface area contributed by atoms with Crippen molar-refractivity contribution in [2.45, 2.75) is 12.5 Å². The molecule has 0 aliphatic carbocycles. The van der Waals surface area contributed by atoms with Crippen LogP contribution in [-0.2, 0) is 15.5 Å². The fraction of sp³-hybridized carbons (Fsp3) is 0.273. The van der Waals surface area contributed by atoms with E-state index in [1.54, 1.807) is 0 Å². The van der Waals surface area contributed by atoms with Crippen molar-refractivity contribution >= 4 is 7.74 Å². The molecule has 17 heavy (non-hydrogen) atoms. The molecule has 0 heterocycles. The molecule has 0 fully saturated rings. The van der Waals surface area contributed by atoms with Gasteiger partial charge in [-0.3, -0.25) is 0 Å². The van der Waals surface area contributed by atoms with Gasteiger partial charge in [0.05, 0.1) is 0 Å². The van der Waals surface area contributed by atoms with Gasteiger partial charge in [0.15, 0.2) is 0 Å². The molecule has 0 aromatic heterocycles. The first kappa shape index (κ1) is 14.3. The molecule has 0 saturated carbocycles. The Morgan fingerprint density at radius 3 is 2.35 bits per heavy atom. The average molecular weight is 260 g/mol. The second kappa shape index (κ2) is 5.23. The predicted octanol–water partition coefficient (Wildman–Crippen LogP) is 1.55. The molecule has 6 heteroatoms. The van der Waals surface area contributed by atoms with E-state index in [9.17, 15) is 14.7 Å². The third-order valence-electron chi connectivity index (χ3n) is 2.18. The van der Waals surface area contributed by atoms with Crippen molar-refractivity contribution < 1.29 is 23.7 Å². The van der Waals surface area contributed by atoms with Crippen LogP contribution in [0.3, 0.4) is 0 Å². The summed E-state index contributed by atoms with van der Waals surface area (Å²) in [7, 11) is -4.49. The molecule has 96 valence electrons. The van der Waals surface area contributed by atoms with E-state index >= 15 is 0 Å². The third-order valence-corrected chi connectivity index (χ3v) is 3.46. The van der Waals surface area contributed by atoms with Crippen LogP contribution in [0.2, 0.25) is 0 Å². The first-order valence-corrected chi connectivity index (χ1v) is 6.95. The van der Waals surface area contributed by atoms with Gasteiger partial charge < -0.3 is 0 Å². The van der Waals surface area contributed by atoms with Crippen LogP contribution in [0.25, 0.3) is 0 Å². The minimum absolute atomic E-state index is 0.354. The molecule has 1 aromatic rings. The Bertz CT molecular complexity index is 370. The summed E-state index contributed by atoms with van der Waals surface area (Å²) >= 11 is 0. The van der Waals surface area contributed by atoms with Crippen molar-refractivity contribution in [1.82, 2.24) is 0 Å². The number of hydrogen-bond acceptors (Lipinski definition) is 5. The molecule has 1 unspecified atom stereocenters. The Morgan fingerprint density at radius 1 is 1.29 bits per heavy atom. The van der Waals surface area contributed by atoms with E-state index in [4.69, 9.17) is 4.52 Å². The van der Waals surface area contributed by atoms with E-state index in [0.29, 0.717) is 6.42 Å². The van der Waals surface area contributed by atoms with E-state index in [2.05, 4.69) is 11.1 Å². The van der Waals surface area contributed by atoms with Gasteiger partial charge in [-0.2, -0.15) is 0 Å². The van der Waals surface area contributed by atoms with Crippen molar-refractivity contribution in [3.8, 4) is 0 Å². The maximum absolute atomic E-state index is 9.32. The normalized spacial score (nSPS) is 15.9. The van der Waals surface area contributed by atoms with Gasteiger partial charge >= 0.3 is 99.7 Å². The van der Waals surface area contributed by atoms with Gasteiger partial charge in [-0.15, -0.1) is 0 Å². The van der Waals surface area contributed by atoms with Gasteiger partial charge in [-0.1, -0.05) is 0 Å². The second-order valence-corrected chi connectivity index (χ2v) is 5.83. The van der Waals surface area contributed by atoms with E-state index < -0.39 is 13.8 Å². The van der Waals surface area contributed by atoms with Crippen LogP contribution >= 0.6 is 7.74 Å². The molecule has 0 saturated heterocycles. The van der Waals surface area contributed by atoms with Crippen LogP contribution in [0.5, 0.6) is 0 Å². The Labute approximate surface area is 100 Å². The van der Waals surface area contributed by atoms with Gasteiger partial charge in [0.1, 0.15) is 0 Å². The van der Waals surface area contributed by atoms with Crippen molar-refractivity contribution in [2.75, 3.05) is 7.11 Å². The molecule has 1 aromatic carbocycles. The summed E-state index contributed by atoms with van der Waals surface area (Å²) in [6, 6.07) is 9.28. The summed E-state index contributed by atoms with van der Waals surface area (Å²) in [5, 5.41) is 0. The van der Waals surface area contributed by atoms with Crippen LogP contribution in [0.1, 0.15) is 5.56 Å². The molecule has 0 radical (unpaired) electrons. The van der Waals surface area contributed by atoms with E-state index in [1.807, 2.05) is 30.3 Å². The van der Waals surface area contributed by atoms with Gasteiger partial charge in [-0.05, 0) is 0 Å². The summed E-state index contributed by atoms with van der Waals surface area (Å²) in [4.78, 5) is 28.0. The summed E-state index contributed by atoms with van der Waals surface area (Å²) in [5.74, 6) is 0. The number of benzene rings is 1.